The molecule has 0 aromatic heterocycles. The van der Waals surface area contributed by atoms with Gasteiger partial charge in [-0.15, -0.1) is 0 Å². The molecule has 0 aliphatic carbocycles. The molecule has 2 aromatic carbocycles. The molecule has 0 aliphatic rings. The van der Waals surface area contributed by atoms with Crippen molar-refractivity contribution in [2.24, 2.45) is 0 Å². The molecule has 44 heavy (non-hydrogen) atoms. The molecular formula is C32H46O12. The SMILES string of the molecule is CC(C)(C)c1ccc(C(O)(OO)OC(OO)(OO)c2ccc(C(C)(C)C)c(C(C)(C)C)c2C(=O)O)c(C(=O)O)c1C(C)(C)C. The molecule has 0 fully saturated rings. The summed E-state index contributed by atoms with van der Waals surface area (Å²) < 4.78 is 5.43. The number of rotatable bonds is 9. The van der Waals surface area contributed by atoms with Gasteiger partial charge in [0.1, 0.15) is 0 Å². The molecule has 1 atom stereocenters. The summed E-state index contributed by atoms with van der Waals surface area (Å²) in [6.45, 7) is 21.6. The monoisotopic (exact) mass is 622 g/mol. The van der Waals surface area contributed by atoms with Gasteiger partial charge in [0.15, 0.2) is 0 Å². The Morgan fingerprint density at radius 3 is 1.11 bits per heavy atom. The average Bonchev–Trinajstić information content (AvgIpc) is 2.87. The Balaban J connectivity index is 3.10. The minimum Gasteiger partial charge on any atom is -0.478 e. The Kier molecular flexibility index (Phi) is 10.2. The molecular weight excluding hydrogens is 576 g/mol. The van der Waals surface area contributed by atoms with Crippen LogP contribution in [0.2, 0.25) is 0 Å². The first-order valence-electron chi connectivity index (χ1n) is 14.0. The number of carboxylic acids is 2. The van der Waals surface area contributed by atoms with Gasteiger partial charge in [-0.2, -0.15) is 14.7 Å². The molecule has 0 saturated heterocycles. The Morgan fingerprint density at radius 2 is 0.841 bits per heavy atom. The van der Waals surface area contributed by atoms with Gasteiger partial charge in [-0.3, -0.25) is 4.74 Å². The van der Waals surface area contributed by atoms with E-state index in [0.29, 0.717) is 11.1 Å². The summed E-state index contributed by atoms with van der Waals surface area (Å²) in [6.07, 6.45) is 0. The molecule has 0 amide bonds. The Bertz CT molecular complexity index is 1400. The van der Waals surface area contributed by atoms with Gasteiger partial charge in [-0.1, -0.05) is 95.2 Å². The Hall–Kier alpha value is -2.94. The van der Waals surface area contributed by atoms with Crippen LogP contribution in [-0.2, 0) is 53.0 Å². The van der Waals surface area contributed by atoms with Crippen molar-refractivity contribution in [2.45, 2.75) is 117 Å². The zero-order valence-electron chi connectivity index (χ0n) is 27.4. The number of carbonyl (C=O) groups is 2. The topological polar surface area (TPSA) is 192 Å². The van der Waals surface area contributed by atoms with E-state index in [1.807, 2.05) is 41.5 Å². The summed E-state index contributed by atoms with van der Waals surface area (Å²) >= 11 is 0. The van der Waals surface area contributed by atoms with Crippen LogP contribution < -0.4 is 0 Å². The second-order valence-electron chi connectivity index (χ2n) is 14.9. The fourth-order valence-corrected chi connectivity index (χ4v) is 5.49. The Morgan fingerprint density at radius 1 is 0.523 bits per heavy atom. The van der Waals surface area contributed by atoms with Gasteiger partial charge in [0, 0.05) is 0 Å². The molecule has 1 unspecified atom stereocenters. The van der Waals surface area contributed by atoms with Crippen molar-refractivity contribution in [1.29, 1.82) is 0 Å². The first-order valence-corrected chi connectivity index (χ1v) is 14.0. The summed E-state index contributed by atoms with van der Waals surface area (Å²) in [5.74, 6) is -10.0. The van der Waals surface area contributed by atoms with Gasteiger partial charge in [-0.05, 0) is 56.0 Å². The molecule has 0 aliphatic heterocycles. The minimum atomic E-state index is -3.53. The number of aromatic carboxylic acids is 2. The van der Waals surface area contributed by atoms with E-state index in [0.717, 1.165) is 12.1 Å². The van der Waals surface area contributed by atoms with Crippen LogP contribution >= 0.6 is 0 Å². The Labute approximate surface area is 257 Å². The predicted molar refractivity (Wildman–Crippen MR) is 159 cm³/mol. The van der Waals surface area contributed by atoms with Crippen molar-refractivity contribution in [2.75, 3.05) is 0 Å². The molecule has 0 heterocycles. The predicted octanol–water partition coefficient (Wildman–Crippen LogP) is 6.67. The van der Waals surface area contributed by atoms with E-state index >= 15 is 0 Å². The van der Waals surface area contributed by atoms with Gasteiger partial charge in [0.25, 0.3) is 0 Å². The second kappa shape index (κ2) is 12.1. The summed E-state index contributed by atoms with van der Waals surface area (Å²) in [4.78, 5) is 38.7. The van der Waals surface area contributed by atoms with Crippen LogP contribution in [0.25, 0.3) is 0 Å². The molecule has 0 radical (unpaired) electrons. The molecule has 246 valence electrons. The van der Waals surface area contributed by atoms with Crippen molar-refractivity contribution in [3.05, 3.63) is 68.8 Å². The number of hydrogen-bond donors (Lipinski definition) is 6. The molecule has 2 aromatic rings. The van der Waals surface area contributed by atoms with E-state index in [4.69, 9.17) is 4.74 Å². The third-order valence-corrected chi connectivity index (χ3v) is 7.26. The maximum Gasteiger partial charge on any atom is 0.371 e. The van der Waals surface area contributed by atoms with Gasteiger partial charge < -0.3 is 15.3 Å². The maximum atomic E-state index is 12.8. The minimum absolute atomic E-state index is 0.251. The van der Waals surface area contributed by atoms with Gasteiger partial charge in [0.2, 0.25) is 0 Å². The van der Waals surface area contributed by atoms with Gasteiger partial charge in [0.05, 0.1) is 22.3 Å². The third kappa shape index (κ3) is 6.98. The van der Waals surface area contributed by atoms with E-state index in [-0.39, 0.29) is 11.1 Å². The quantitative estimate of drug-likeness (QED) is 0.0989. The second-order valence-corrected chi connectivity index (χ2v) is 14.9. The van der Waals surface area contributed by atoms with Crippen LogP contribution in [0.15, 0.2) is 24.3 Å². The molecule has 2 rings (SSSR count). The smallest absolute Gasteiger partial charge is 0.371 e. The molecule has 0 bridgehead atoms. The summed E-state index contributed by atoms with van der Waals surface area (Å²) in [6, 6.07) is 5.27. The zero-order valence-corrected chi connectivity index (χ0v) is 27.4. The van der Waals surface area contributed by atoms with Crippen LogP contribution in [0.3, 0.4) is 0 Å². The van der Waals surface area contributed by atoms with Crippen LogP contribution in [0, 0.1) is 0 Å². The lowest BCUT2D eigenvalue weighted by atomic mass is 9.72. The number of benzene rings is 2. The van der Waals surface area contributed by atoms with Crippen LogP contribution in [0.1, 0.15) is 137 Å². The largest absolute Gasteiger partial charge is 0.478 e. The van der Waals surface area contributed by atoms with E-state index in [1.54, 1.807) is 41.5 Å². The van der Waals surface area contributed by atoms with E-state index in [2.05, 4.69) is 14.7 Å². The fraction of sp³-hybridized carbons (Fsp3) is 0.562. The molecule has 0 saturated carbocycles. The lowest BCUT2D eigenvalue weighted by molar-refractivity contribution is -0.640. The summed E-state index contributed by atoms with van der Waals surface area (Å²) in [7, 11) is 0. The third-order valence-electron chi connectivity index (χ3n) is 7.26. The summed E-state index contributed by atoms with van der Waals surface area (Å²) in [5.41, 5.74) is -3.55. The van der Waals surface area contributed by atoms with Crippen LogP contribution in [0.5, 0.6) is 0 Å². The number of hydrogen-bond acceptors (Lipinski definition) is 10. The highest BCUT2D eigenvalue weighted by Gasteiger charge is 2.54. The first kappa shape index (κ1) is 37.2. The lowest BCUT2D eigenvalue weighted by Crippen LogP contribution is -2.47. The molecule has 0 spiro atoms. The highest BCUT2D eigenvalue weighted by molar-refractivity contribution is 5.93. The first-order chi connectivity index (χ1) is 19.7. The van der Waals surface area contributed by atoms with Crippen molar-refractivity contribution in [3.63, 3.8) is 0 Å². The van der Waals surface area contributed by atoms with E-state index in [9.17, 15) is 40.7 Å². The van der Waals surface area contributed by atoms with Gasteiger partial charge in [-0.25, -0.2) is 25.4 Å². The highest BCUT2D eigenvalue weighted by atomic mass is 17.3. The van der Waals surface area contributed by atoms with Crippen LogP contribution in [0.4, 0.5) is 0 Å². The van der Waals surface area contributed by atoms with Crippen molar-refractivity contribution >= 4 is 11.9 Å². The van der Waals surface area contributed by atoms with Crippen molar-refractivity contribution in [1.82, 2.24) is 0 Å². The fourth-order valence-electron chi connectivity index (χ4n) is 5.49. The standard InChI is InChI=1S/C32H46O12/c1-27(2,3)19-15-13-17(21(25(33)34)23(19)29(7,8)9)31(37,42-38)41-32(43-39,44-40)18-14-16-20(28(4,5)6)24(30(10,11)12)22(18)26(35)36/h13-16,37-40H,1-12H3,(H,33,34)(H,35,36). The number of carboxylic acid groups (broad SMARTS) is 2. The van der Waals surface area contributed by atoms with E-state index in [1.165, 1.54) is 12.1 Å². The van der Waals surface area contributed by atoms with Crippen LogP contribution in [-0.4, -0.2) is 43.0 Å². The number of aliphatic hydroxyl groups is 1. The van der Waals surface area contributed by atoms with Crippen molar-refractivity contribution in [3.8, 4) is 0 Å². The average molecular weight is 623 g/mol. The highest BCUT2D eigenvalue weighted by Crippen LogP contribution is 2.46. The molecule has 12 heteroatoms. The normalized spacial score (nSPS) is 14.8. The maximum absolute atomic E-state index is 12.8. The van der Waals surface area contributed by atoms with Crippen molar-refractivity contribution < 1.29 is 60.1 Å². The molecule has 12 nitrogen and oxygen atoms in total. The van der Waals surface area contributed by atoms with E-state index < -0.39 is 67.8 Å². The number of ether oxygens (including phenoxy) is 1. The van der Waals surface area contributed by atoms with Gasteiger partial charge >= 0.3 is 23.9 Å². The lowest BCUT2D eigenvalue weighted by Gasteiger charge is -2.39. The molecule has 6 N–H and O–H groups in total. The summed E-state index contributed by atoms with van der Waals surface area (Å²) in [5, 5.41) is 62.7. The zero-order chi connectivity index (χ0) is 34.4.